The van der Waals surface area contributed by atoms with Crippen LogP contribution in [-0.4, -0.2) is 32.2 Å². The Morgan fingerprint density at radius 3 is 2.32 bits per heavy atom. The fourth-order valence-corrected chi connectivity index (χ4v) is 3.32. The minimum Gasteiger partial charge on any atom is -0.493 e. The van der Waals surface area contributed by atoms with E-state index in [0.29, 0.717) is 45.5 Å². The number of ether oxygens (including phenoxy) is 3. The van der Waals surface area contributed by atoms with E-state index in [2.05, 4.69) is 10.3 Å². The lowest BCUT2D eigenvalue weighted by Gasteiger charge is -2.14. The second kappa shape index (κ2) is 8.39. The molecule has 7 nitrogen and oxygen atoms in total. The Labute approximate surface area is 179 Å². The number of benzene rings is 3. The minimum absolute atomic E-state index is 0.322. The van der Waals surface area contributed by atoms with Crippen LogP contribution in [0.25, 0.3) is 22.6 Å². The maximum Gasteiger partial charge on any atom is 0.255 e. The monoisotopic (exact) mass is 418 g/mol. The first kappa shape index (κ1) is 20.3. The smallest absolute Gasteiger partial charge is 0.255 e. The number of oxazole rings is 1. The lowest BCUT2D eigenvalue weighted by Crippen LogP contribution is -2.12. The van der Waals surface area contributed by atoms with Gasteiger partial charge in [-0.05, 0) is 43.3 Å². The van der Waals surface area contributed by atoms with Crippen molar-refractivity contribution < 1.29 is 23.4 Å². The van der Waals surface area contributed by atoms with Crippen molar-refractivity contribution in [2.45, 2.75) is 6.92 Å². The van der Waals surface area contributed by atoms with E-state index in [1.165, 1.54) is 21.3 Å². The fourth-order valence-electron chi connectivity index (χ4n) is 3.32. The maximum absolute atomic E-state index is 12.8. The number of hydrogen-bond acceptors (Lipinski definition) is 6. The van der Waals surface area contributed by atoms with Gasteiger partial charge in [0, 0.05) is 22.9 Å². The summed E-state index contributed by atoms with van der Waals surface area (Å²) in [6, 6.07) is 16.5. The molecule has 0 aliphatic heterocycles. The number of rotatable bonds is 6. The molecule has 1 aromatic heterocycles. The van der Waals surface area contributed by atoms with Crippen LogP contribution in [0.2, 0.25) is 0 Å². The molecule has 0 unspecified atom stereocenters. The molecule has 31 heavy (non-hydrogen) atoms. The van der Waals surface area contributed by atoms with Gasteiger partial charge in [0.2, 0.25) is 11.6 Å². The highest BCUT2D eigenvalue weighted by atomic mass is 16.5. The first-order valence-electron chi connectivity index (χ1n) is 9.61. The second-order valence-electron chi connectivity index (χ2n) is 6.94. The van der Waals surface area contributed by atoms with E-state index in [0.717, 1.165) is 11.1 Å². The summed E-state index contributed by atoms with van der Waals surface area (Å²) in [5.74, 6) is 1.44. The second-order valence-corrected chi connectivity index (χ2v) is 6.94. The normalized spacial score (nSPS) is 10.7. The van der Waals surface area contributed by atoms with Crippen LogP contribution in [0.15, 0.2) is 59.0 Å². The molecule has 0 fully saturated rings. The number of aryl methyl sites for hydroxylation is 1. The average molecular weight is 418 g/mol. The zero-order chi connectivity index (χ0) is 22.0. The minimum atomic E-state index is -0.322. The van der Waals surface area contributed by atoms with E-state index < -0.39 is 0 Å². The molecular formula is C24H22N2O5. The third-order valence-corrected chi connectivity index (χ3v) is 4.84. The molecule has 0 saturated carbocycles. The SMILES string of the molecule is COc1cc(C(=O)Nc2ccc3nc(-c4cccc(C)c4)oc3c2)cc(OC)c1OC. The summed E-state index contributed by atoms with van der Waals surface area (Å²) >= 11 is 0. The Morgan fingerprint density at radius 1 is 0.935 bits per heavy atom. The van der Waals surface area contributed by atoms with E-state index in [-0.39, 0.29) is 5.91 Å². The van der Waals surface area contributed by atoms with Gasteiger partial charge in [-0.2, -0.15) is 0 Å². The van der Waals surface area contributed by atoms with Crippen LogP contribution in [-0.2, 0) is 0 Å². The van der Waals surface area contributed by atoms with Crippen molar-refractivity contribution in [1.29, 1.82) is 0 Å². The van der Waals surface area contributed by atoms with Crippen LogP contribution in [0.1, 0.15) is 15.9 Å². The highest BCUT2D eigenvalue weighted by Crippen LogP contribution is 2.38. The summed E-state index contributed by atoms with van der Waals surface area (Å²) in [4.78, 5) is 17.4. The average Bonchev–Trinajstić information content (AvgIpc) is 3.21. The van der Waals surface area contributed by atoms with Gasteiger partial charge in [0.1, 0.15) is 5.52 Å². The summed E-state index contributed by atoms with van der Waals surface area (Å²) in [7, 11) is 4.52. The number of carbonyl (C=O) groups excluding carboxylic acids is 1. The van der Waals surface area contributed by atoms with Crippen LogP contribution >= 0.6 is 0 Å². The van der Waals surface area contributed by atoms with E-state index in [9.17, 15) is 4.79 Å². The topological polar surface area (TPSA) is 82.8 Å². The van der Waals surface area contributed by atoms with Gasteiger partial charge in [0.15, 0.2) is 17.1 Å². The number of aromatic nitrogens is 1. The standard InChI is InChI=1S/C24H22N2O5/c1-14-6-5-7-15(10-14)24-26-18-9-8-17(13-19(18)31-24)25-23(27)16-11-20(28-2)22(30-4)21(12-16)29-3/h5-13H,1-4H3,(H,25,27). The number of nitrogens with zero attached hydrogens (tertiary/aromatic N) is 1. The van der Waals surface area contributed by atoms with Crippen molar-refractivity contribution >= 4 is 22.7 Å². The Hall–Kier alpha value is -4.00. The van der Waals surface area contributed by atoms with Gasteiger partial charge in [0.25, 0.3) is 5.91 Å². The lowest BCUT2D eigenvalue weighted by atomic mass is 10.1. The van der Waals surface area contributed by atoms with Crippen LogP contribution in [0.3, 0.4) is 0 Å². The lowest BCUT2D eigenvalue weighted by molar-refractivity contribution is 0.102. The summed E-state index contributed by atoms with van der Waals surface area (Å²) < 4.78 is 21.9. The Balaban J connectivity index is 1.62. The number of hydrogen-bond donors (Lipinski definition) is 1. The number of amides is 1. The van der Waals surface area contributed by atoms with Crippen LogP contribution < -0.4 is 19.5 Å². The molecule has 158 valence electrons. The molecule has 4 rings (SSSR count). The van der Waals surface area contributed by atoms with Gasteiger partial charge in [-0.3, -0.25) is 4.79 Å². The molecule has 0 spiro atoms. The molecule has 0 aliphatic rings. The summed E-state index contributed by atoms with van der Waals surface area (Å²) in [6.07, 6.45) is 0. The zero-order valence-electron chi connectivity index (χ0n) is 17.7. The molecule has 0 bridgehead atoms. The number of methoxy groups -OCH3 is 3. The van der Waals surface area contributed by atoms with Crippen molar-refractivity contribution in [3.63, 3.8) is 0 Å². The predicted octanol–water partition coefficient (Wildman–Crippen LogP) is 5.08. The molecular weight excluding hydrogens is 396 g/mol. The van der Waals surface area contributed by atoms with Gasteiger partial charge in [-0.15, -0.1) is 0 Å². The van der Waals surface area contributed by atoms with Crippen molar-refractivity contribution in [1.82, 2.24) is 4.98 Å². The number of nitrogens with one attached hydrogen (secondary N) is 1. The molecule has 0 aliphatic carbocycles. The number of fused-ring (bicyclic) bond motifs is 1. The van der Waals surface area contributed by atoms with Crippen molar-refractivity contribution in [2.75, 3.05) is 26.6 Å². The number of anilines is 1. The molecule has 1 N–H and O–H groups in total. The fraction of sp³-hybridized carbons (Fsp3) is 0.167. The van der Waals surface area contributed by atoms with Crippen LogP contribution in [0.4, 0.5) is 5.69 Å². The van der Waals surface area contributed by atoms with E-state index in [1.54, 1.807) is 24.3 Å². The highest BCUT2D eigenvalue weighted by Gasteiger charge is 2.17. The van der Waals surface area contributed by atoms with Gasteiger partial charge < -0.3 is 23.9 Å². The first-order valence-corrected chi connectivity index (χ1v) is 9.61. The highest BCUT2D eigenvalue weighted by molar-refractivity contribution is 6.05. The largest absolute Gasteiger partial charge is 0.493 e. The number of carbonyl (C=O) groups is 1. The summed E-state index contributed by atoms with van der Waals surface area (Å²) in [5.41, 5.74) is 4.27. The van der Waals surface area contributed by atoms with E-state index in [4.69, 9.17) is 18.6 Å². The molecule has 0 radical (unpaired) electrons. The zero-order valence-corrected chi connectivity index (χ0v) is 17.7. The van der Waals surface area contributed by atoms with Crippen molar-refractivity contribution in [3.8, 4) is 28.7 Å². The Kier molecular flexibility index (Phi) is 5.49. The molecule has 4 aromatic rings. The first-order chi connectivity index (χ1) is 15.0. The Morgan fingerprint density at radius 2 is 1.68 bits per heavy atom. The molecule has 3 aromatic carbocycles. The van der Waals surface area contributed by atoms with Gasteiger partial charge in [-0.1, -0.05) is 17.7 Å². The summed E-state index contributed by atoms with van der Waals surface area (Å²) in [5, 5.41) is 2.87. The molecule has 7 heteroatoms. The predicted molar refractivity (Wildman–Crippen MR) is 118 cm³/mol. The van der Waals surface area contributed by atoms with Gasteiger partial charge >= 0.3 is 0 Å². The molecule has 1 heterocycles. The van der Waals surface area contributed by atoms with E-state index >= 15 is 0 Å². The molecule has 1 amide bonds. The third kappa shape index (κ3) is 4.02. The van der Waals surface area contributed by atoms with Crippen molar-refractivity contribution in [2.24, 2.45) is 0 Å². The van der Waals surface area contributed by atoms with Gasteiger partial charge in [0.05, 0.1) is 21.3 Å². The van der Waals surface area contributed by atoms with Crippen LogP contribution in [0, 0.1) is 6.92 Å². The van der Waals surface area contributed by atoms with Crippen molar-refractivity contribution in [3.05, 3.63) is 65.7 Å². The van der Waals surface area contributed by atoms with E-state index in [1.807, 2.05) is 37.3 Å². The molecule has 0 saturated heterocycles. The summed E-state index contributed by atoms with van der Waals surface area (Å²) in [6.45, 7) is 2.02. The van der Waals surface area contributed by atoms with Crippen LogP contribution in [0.5, 0.6) is 17.2 Å². The van der Waals surface area contributed by atoms with Gasteiger partial charge in [-0.25, -0.2) is 4.98 Å². The maximum atomic E-state index is 12.8. The molecule has 0 atom stereocenters. The Bertz CT molecular complexity index is 1240. The quantitative estimate of drug-likeness (QED) is 0.470. The third-order valence-electron chi connectivity index (χ3n) is 4.84.